The fourth-order valence-corrected chi connectivity index (χ4v) is 7.05. The van der Waals surface area contributed by atoms with Crippen LogP contribution in [0.15, 0.2) is 41.3 Å². The van der Waals surface area contributed by atoms with Crippen molar-refractivity contribution in [1.29, 1.82) is 0 Å². The van der Waals surface area contributed by atoms with Crippen LogP contribution in [0.2, 0.25) is 0 Å². The Labute approximate surface area is 302 Å². The molecular weight excluding hydrogens is 714 g/mol. The number of pyridine rings is 1. The normalized spacial score (nSPS) is 17.8. The number of hydrogen-bond acceptors (Lipinski definition) is 4. The van der Waals surface area contributed by atoms with Gasteiger partial charge < -0.3 is 19.9 Å². The summed E-state index contributed by atoms with van der Waals surface area (Å²) in [5.41, 5.74) is -4.49. The number of carboxylic acids is 1. The van der Waals surface area contributed by atoms with E-state index in [2.05, 4.69) is 5.32 Å². The van der Waals surface area contributed by atoms with Crippen molar-refractivity contribution in [3.8, 4) is 11.1 Å². The molecule has 0 aliphatic carbocycles. The fourth-order valence-electron chi connectivity index (χ4n) is 7.05. The quantitative estimate of drug-likeness (QED) is 0.224. The Balaban J connectivity index is 1.92. The molecule has 0 unspecified atom stereocenters. The third kappa shape index (κ3) is 10.2. The number of aromatic nitrogens is 1. The summed E-state index contributed by atoms with van der Waals surface area (Å²) in [5.74, 6) is -5.15. The van der Waals surface area contributed by atoms with E-state index in [0.29, 0.717) is 56.5 Å². The lowest BCUT2D eigenvalue weighted by atomic mass is 9.87. The van der Waals surface area contributed by atoms with Gasteiger partial charge in [-0.25, -0.2) is 8.78 Å². The Morgan fingerprint density at radius 3 is 2.17 bits per heavy atom. The first-order valence-electron chi connectivity index (χ1n) is 17.6. The van der Waals surface area contributed by atoms with Crippen molar-refractivity contribution in [2.24, 2.45) is 0 Å². The molecular formula is C38H43F8N3O4. The van der Waals surface area contributed by atoms with Gasteiger partial charge in [0, 0.05) is 24.4 Å². The lowest BCUT2D eigenvalue weighted by Gasteiger charge is -2.27. The summed E-state index contributed by atoms with van der Waals surface area (Å²) in [6.45, 7) is 6.45. The first kappa shape index (κ1) is 41.5. The average Bonchev–Trinajstić information content (AvgIpc) is 3.05. The molecule has 0 saturated heterocycles. The Bertz CT molecular complexity index is 1850. The third-order valence-corrected chi connectivity index (χ3v) is 9.77. The molecule has 15 heteroatoms. The summed E-state index contributed by atoms with van der Waals surface area (Å²) in [7, 11) is 0. The number of alkyl halides is 6. The molecule has 2 atom stereocenters. The van der Waals surface area contributed by atoms with Crippen LogP contribution in [-0.2, 0) is 34.8 Å². The van der Waals surface area contributed by atoms with E-state index in [1.807, 2.05) is 18.7 Å². The second-order valence-electron chi connectivity index (χ2n) is 13.4. The zero-order valence-corrected chi connectivity index (χ0v) is 29.7. The van der Waals surface area contributed by atoms with E-state index in [4.69, 9.17) is 0 Å². The summed E-state index contributed by atoms with van der Waals surface area (Å²) in [4.78, 5) is 41.4. The Morgan fingerprint density at radius 2 is 1.55 bits per heavy atom. The maximum absolute atomic E-state index is 16.0. The molecule has 0 saturated carbocycles. The smallest absolute Gasteiger partial charge is 0.419 e. The summed E-state index contributed by atoms with van der Waals surface area (Å²) in [6, 6.07) is 0.857. The van der Waals surface area contributed by atoms with Gasteiger partial charge in [-0.1, -0.05) is 39.5 Å². The van der Waals surface area contributed by atoms with Crippen molar-refractivity contribution in [2.75, 3.05) is 19.6 Å². The predicted molar refractivity (Wildman–Crippen MR) is 182 cm³/mol. The Morgan fingerprint density at radius 1 is 0.906 bits per heavy atom. The number of likely N-dealkylation sites (N-methyl/N-ethyl adjacent to an activating group) is 1. The van der Waals surface area contributed by atoms with E-state index in [0.717, 1.165) is 22.9 Å². The van der Waals surface area contributed by atoms with Gasteiger partial charge in [0.1, 0.15) is 17.7 Å². The molecule has 0 radical (unpaired) electrons. The van der Waals surface area contributed by atoms with Gasteiger partial charge in [-0.3, -0.25) is 14.4 Å². The second kappa shape index (κ2) is 17.3. The van der Waals surface area contributed by atoms with Crippen molar-refractivity contribution in [2.45, 2.75) is 103 Å². The minimum absolute atomic E-state index is 0.101. The van der Waals surface area contributed by atoms with Crippen LogP contribution >= 0.6 is 0 Å². The number of nitrogens with one attached hydrogen (secondary N) is 1. The van der Waals surface area contributed by atoms with E-state index < -0.39 is 76.6 Å². The monoisotopic (exact) mass is 757 g/mol. The van der Waals surface area contributed by atoms with Gasteiger partial charge in [0.25, 0.3) is 5.56 Å². The number of rotatable bonds is 8. The molecule has 2 aromatic carbocycles. The number of fused-ring (bicyclic) bond motifs is 4. The molecule has 2 heterocycles. The highest BCUT2D eigenvalue weighted by molar-refractivity contribution is 5.82. The summed E-state index contributed by atoms with van der Waals surface area (Å²) < 4.78 is 117. The van der Waals surface area contributed by atoms with Crippen LogP contribution in [0, 0.1) is 18.6 Å². The minimum Gasteiger partial charge on any atom is -0.481 e. The highest BCUT2D eigenvalue weighted by atomic mass is 19.4. The predicted octanol–water partition coefficient (Wildman–Crippen LogP) is 8.79. The van der Waals surface area contributed by atoms with Crippen LogP contribution in [0.5, 0.6) is 0 Å². The molecule has 1 aromatic heterocycles. The molecule has 0 spiro atoms. The lowest BCUT2D eigenvalue weighted by molar-refractivity contribution is -0.140. The minimum atomic E-state index is -5.26. The van der Waals surface area contributed by atoms with Crippen molar-refractivity contribution in [3.05, 3.63) is 91.9 Å². The number of benzene rings is 2. The van der Waals surface area contributed by atoms with Gasteiger partial charge in [0.2, 0.25) is 5.91 Å². The largest absolute Gasteiger partial charge is 0.481 e. The molecule has 1 aliphatic heterocycles. The number of halogens is 8. The van der Waals surface area contributed by atoms with Crippen molar-refractivity contribution in [3.63, 3.8) is 0 Å². The zero-order valence-electron chi connectivity index (χ0n) is 29.7. The highest BCUT2D eigenvalue weighted by Gasteiger charge is 2.39. The number of carbonyl (C=O) groups excluding carboxylic acids is 1. The molecule has 1 amide bonds. The number of amides is 1. The highest BCUT2D eigenvalue weighted by Crippen LogP contribution is 2.41. The zero-order chi connectivity index (χ0) is 39.2. The Kier molecular flexibility index (Phi) is 13.5. The van der Waals surface area contributed by atoms with Crippen LogP contribution in [0.1, 0.15) is 104 Å². The van der Waals surface area contributed by atoms with Crippen LogP contribution < -0.4 is 10.9 Å². The van der Waals surface area contributed by atoms with E-state index in [9.17, 15) is 50.2 Å². The molecule has 4 rings (SSSR count). The van der Waals surface area contributed by atoms with Gasteiger partial charge >= 0.3 is 18.3 Å². The maximum Gasteiger partial charge on any atom is 0.419 e. The van der Waals surface area contributed by atoms with Crippen LogP contribution in [0.4, 0.5) is 35.1 Å². The summed E-state index contributed by atoms with van der Waals surface area (Å²) in [5, 5.41) is 12.1. The number of carbonyl (C=O) groups is 2. The van der Waals surface area contributed by atoms with E-state index in [-0.39, 0.29) is 54.5 Å². The van der Waals surface area contributed by atoms with Gasteiger partial charge in [-0.2, -0.15) is 26.3 Å². The molecule has 7 nitrogen and oxygen atoms in total. The number of nitrogens with zero attached hydrogens (tertiary/aromatic N) is 2. The molecule has 1 aliphatic rings. The lowest BCUT2D eigenvalue weighted by Crippen LogP contribution is -2.40. The molecule has 290 valence electrons. The van der Waals surface area contributed by atoms with Crippen LogP contribution in [0.3, 0.4) is 0 Å². The number of aliphatic carboxylic acids is 1. The summed E-state index contributed by atoms with van der Waals surface area (Å²) >= 11 is 0. The van der Waals surface area contributed by atoms with Gasteiger partial charge in [0.05, 0.1) is 23.6 Å². The molecule has 3 aromatic rings. The number of hydrogen-bond donors (Lipinski definition) is 2. The first-order valence-corrected chi connectivity index (χ1v) is 17.6. The van der Waals surface area contributed by atoms with E-state index in [1.54, 1.807) is 0 Å². The van der Waals surface area contributed by atoms with E-state index >= 15 is 4.39 Å². The van der Waals surface area contributed by atoms with Gasteiger partial charge in [-0.05, 0) is 97.8 Å². The maximum atomic E-state index is 16.0. The van der Waals surface area contributed by atoms with Crippen molar-refractivity contribution >= 4 is 11.9 Å². The third-order valence-electron chi connectivity index (χ3n) is 9.77. The Hall–Kier alpha value is -4.27. The summed E-state index contributed by atoms with van der Waals surface area (Å²) in [6.07, 6.45) is -7.74. The second-order valence-corrected chi connectivity index (χ2v) is 13.4. The molecule has 2 bridgehead atoms. The fraction of sp³-hybridized carbons (Fsp3) is 0.500. The molecule has 0 fully saturated rings. The van der Waals surface area contributed by atoms with Crippen LogP contribution in [0.25, 0.3) is 11.1 Å². The van der Waals surface area contributed by atoms with E-state index in [1.165, 1.54) is 13.0 Å². The van der Waals surface area contributed by atoms with Crippen molar-refractivity contribution < 1.29 is 49.8 Å². The standard InChI is InChI=1S/C38H43F8N3O4/c1-4-48(5-2)14-13-24-21-49(32(50)19-28(24)37(41,42)43)31-12-10-8-6-7-9-11-23-16-26(39)15-22(3)34(23)25-17-27(30(20-33(51)52)47-36(31)53)35(40)29(18-25)38(44,45)46/h15-19,21,30-31H,4-14,20H2,1-3H3,(H,47,53)(H,51,52)/t30-,31-/m0/s1. The average molecular weight is 758 g/mol. The SMILES string of the molecule is CCN(CC)CCc1cn([C@H]2CCCCCCCc3cc(F)cc(C)c3-c3cc(c(F)c(C(F)(F)F)c3)[C@H](CC(=O)O)NC2=O)c(=O)cc1C(F)(F)F. The van der Waals surface area contributed by atoms with Gasteiger partial charge in [0.15, 0.2) is 0 Å². The van der Waals surface area contributed by atoms with Crippen molar-refractivity contribution in [1.82, 2.24) is 14.8 Å². The molecule has 53 heavy (non-hydrogen) atoms. The number of carboxylic acid groups (broad SMARTS) is 1. The number of aryl methyl sites for hydroxylation is 2. The molecule has 2 N–H and O–H groups in total. The van der Waals surface area contributed by atoms with Crippen LogP contribution in [-0.4, -0.2) is 46.1 Å². The first-order chi connectivity index (χ1) is 24.8. The topological polar surface area (TPSA) is 91.6 Å². The van der Waals surface area contributed by atoms with Gasteiger partial charge in [-0.15, -0.1) is 0 Å².